The van der Waals surface area contributed by atoms with Crippen molar-refractivity contribution in [2.24, 2.45) is 11.5 Å². The monoisotopic (exact) mass is 504 g/mol. The molecule has 0 saturated carbocycles. The molecule has 2 unspecified atom stereocenters. The highest BCUT2D eigenvalue weighted by molar-refractivity contribution is 6.31. The maximum absolute atomic E-state index is 12.1. The third-order valence-corrected chi connectivity index (χ3v) is 6.24. The molecule has 4 rings (SSSR count). The smallest absolute Gasteiger partial charge is 0.332 e. The van der Waals surface area contributed by atoms with Crippen molar-refractivity contribution in [2.75, 3.05) is 36.0 Å². The number of anilines is 2. The van der Waals surface area contributed by atoms with Crippen LogP contribution in [0.15, 0.2) is 48.6 Å². The van der Waals surface area contributed by atoms with Crippen LogP contribution in [-0.4, -0.2) is 50.6 Å². The predicted octanol–water partition coefficient (Wildman–Crippen LogP) is 2.63. The van der Waals surface area contributed by atoms with Gasteiger partial charge in [0.2, 0.25) is 0 Å². The molecule has 0 radical (unpaired) electrons. The van der Waals surface area contributed by atoms with Gasteiger partial charge in [-0.3, -0.25) is 11.5 Å². The minimum absolute atomic E-state index is 0.309. The molecule has 0 spiro atoms. The van der Waals surface area contributed by atoms with E-state index in [9.17, 15) is 9.59 Å². The number of benzene rings is 2. The molecular weight excluding hydrogens is 479 g/mol. The number of ether oxygens (including phenoxy) is 2. The summed E-state index contributed by atoms with van der Waals surface area (Å²) in [7, 11) is 0. The number of carbonyl (C=O) groups excluding carboxylic acids is 2. The van der Waals surface area contributed by atoms with Gasteiger partial charge in [0.05, 0.1) is 13.1 Å². The Kier molecular flexibility index (Phi) is 7.63. The van der Waals surface area contributed by atoms with Gasteiger partial charge >= 0.3 is 11.9 Å². The Morgan fingerprint density at radius 2 is 1.24 bits per heavy atom. The fourth-order valence-corrected chi connectivity index (χ4v) is 4.57. The van der Waals surface area contributed by atoms with Crippen molar-refractivity contribution >= 4 is 46.5 Å². The number of fused-ring (bicyclic) bond motifs is 2. The summed E-state index contributed by atoms with van der Waals surface area (Å²) in [6.07, 6.45) is 1.96. The average Bonchev–Trinajstić information content (AvgIpc) is 3.35. The lowest BCUT2D eigenvalue weighted by atomic mass is 10.2. The summed E-state index contributed by atoms with van der Waals surface area (Å²) in [5, 5.41) is 1.27. The van der Waals surface area contributed by atoms with Crippen LogP contribution in [0, 0.1) is 0 Å². The number of halogens is 2. The number of nitrogens with zero attached hydrogens (tertiary/aromatic N) is 2. The predicted molar refractivity (Wildman–Crippen MR) is 132 cm³/mol. The minimum atomic E-state index is -0.873. The normalized spacial score (nSPS) is 16.4. The molecule has 0 aliphatic carbocycles. The second-order valence-electron chi connectivity index (χ2n) is 8.22. The Morgan fingerprint density at radius 3 is 1.65 bits per heavy atom. The number of rotatable bonds is 8. The summed E-state index contributed by atoms with van der Waals surface area (Å²) >= 11 is 12.2. The standard InChI is InChI=1S/C24H26Cl2N4O4/c25-17-3-1-15-7-9-29(19(15)11-17)13-21(27)33-23(31)5-6-24(32)34-22(28)14-30-10-8-16-2-4-18(26)12-20(16)30/h1-6,11-12,21-22H,7-10,13-14,27-28H2/b6-5+. The third-order valence-electron chi connectivity index (χ3n) is 5.77. The van der Waals surface area contributed by atoms with Gasteiger partial charge in [0.25, 0.3) is 0 Å². The molecule has 2 aliphatic heterocycles. The number of carbonyl (C=O) groups is 2. The van der Waals surface area contributed by atoms with E-state index in [1.54, 1.807) is 0 Å². The number of hydrogen-bond donors (Lipinski definition) is 2. The fourth-order valence-electron chi connectivity index (χ4n) is 4.24. The molecule has 0 fully saturated rings. The first kappa shape index (κ1) is 24.3. The molecule has 0 aromatic heterocycles. The van der Waals surface area contributed by atoms with Crippen LogP contribution in [0.4, 0.5) is 11.4 Å². The Hall–Kier alpha value is -2.78. The second kappa shape index (κ2) is 10.7. The van der Waals surface area contributed by atoms with E-state index in [1.807, 2.05) is 46.2 Å². The third kappa shape index (κ3) is 6.01. The first-order chi connectivity index (χ1) is 16.3. The summed E-state index contributed by atoms with van der Waals surface area (Å²) in [5.41, 5.74) is 16.3. The maximum Gasteiger partial charge on any atom is 0.332 e. The Labute approximate surface area is 208 Å². The van der Waals surface area contributed by atoms with Gasteiger partial charge in [-0.05, 0) is 48.2 Å². The van der Waals surface area contributed by atoms with Gasteiger partial charge in [0, 0.05) is 46.7 Å². The van der Waals surface area contributed by atoms with Crippen molar-refractivity contribution in [3.63, 3.8) is 0 Å². The molecule has 180 valence electrons. The summed E-state index contributed by atoms with van der Waals surface area (Å²) in [5.74, 6) is -1.49. The van der Waals surface area contributed by atoms with E-state index in [4.69, 9.17) is 44.1 Å². The first-order valence-electron chi connectivity index (χ1n) is 11.0. The van der Waals surface area contributed by atoms with Gasteiger partial charge in [-0.25, -0.2) is 9.59 Å². The van der Waals surface area contributed by atoms with E-state index < -0.39 is 24.4 Å². The van der Waals surface area contributed by atoms with Gasteiger partial charge in [0.1, 0.15) is 0 Å². The molecule has 0 saturated heterocycles. The van der Waals surface area contributed by atoms with Crippen molar-refractivity contribution in [2.45, 2.75) is 25.3 Å². The van der Waals surface area contributed by atoms with E-state index in [-0.39, 0.29) is 0 Å². The zero-order valence-electron chi connectivity index (χ0n) is 18.5. The van der Waals surface area contributed by atoms with Crippen molar-refractivity contribution < 1.29 is 19.1 Å². The fraction of sp³-hybridized carbons (Fsp3) is 0.333. The first-order valence-corrected chi connectivity index (χ1v) is 11.7. The van der Waals surface area contributed by atoms with Crippen molar-refractivity contribution in [1.82, 2.24) is 0 Å². The van der Waals surface area contributed by atoms with Gasteiger partial charge in [0.15, 0.2) is 12.5 Å². The summed E-state index contributed by atoms with van der Waals surface area (Å²) < 4.78 is 10.4. The van der Waals surface area contributed by atoms with E-state index in [1.165, 1.54) is 11.1 Å². The van der Waals surface area contributed by atoms with Crippen LogP contribution in [0.25, 0.3) is 0 Å². The van der Waals surface area contributed by atoms with E-state index >= 15 is 0 Å². The number of hydrogen-bond acceptors (Lipinski definition) is 8. The van der Waals surface area contributed by atoms with Gasteiger partial charge in [-0.15, -0.1) is 0 Å². The molecule has 8 nitrogen and oxygen atoms in total. The highest BCUT2D eigenvalue weighted by Gasteiger charge is 2.24. The van der Waals surface area contributed by atoms with Gasteiger partial charge in [-0.1, -0.05) is 35.3 Å². The van der Waals surface area contributed by atoms with Crippen LogP contribution < -0.4 is 21.3 Å². The quantitative estimate of drug-likeness (QED) is 0.320. The second-order valence-corrected chi connectivity index (χ2v) is 9.09. The minimum Gasteiger partial charge on any atom is -0.442 e. The Bertz CT molecular complexity index is 1020. The lowest BCUT2D eigenvalue weighted by Crippen LogP contribution is -2.40. The highest BCUT2D eigenvalue weighted by atomic mass is 35.5. The van der Waals surface area contributed by atoms with Crippen LogP contribution in [0.3, 0.4) is 0 Å². The van der Waals surface area contributed by atoms with Crippen LogP contribution in [0.5, 0.6) is 0 Å². The average molecular weight is 505 g/mol. The largest absolute Gasteiger partial charge is 0.442 e. The molecule has 2 aromatic rings. The summed E-state index contributed by atoms with van der Waals surface area (Å²) in [6.45, 7) is 2.14. The molecule has 34 heavy (non-hydrogen) atoms. The Balaban J connectivity index is 1.22. The van der Waals surface area contributed by atoms with E-state index in [2.05, 4.69) is 0 Å². The Morgan fingerprint density at radius 1 is 0.824 bits per heavy atom. The SMILES string of the molecule is NC(CN1CCc2ccc(Cl)cc21)OC(=O)/C=C/C(=O)OC(N)CN1CCc2ccc(Cl)cc21. The van der Waals surface area contributed by atoms with Gasteiger partial charge in [-0.2, -0.15) is 0 Å². The lowest BCUT2D eigenvalue weighted by Gasteiger charge is -2.23. The van der Waals surface area contributed by atoms with E-state index in [0.29, 0.717) is 23.1 Å². The molecule has 2 atom stereocenters. The van der Waals surface area contributed by atoms with Crippen LogP contribution >= 0.6 is 23.2 Å². The van der Waals surface area contributed by atoms with Crippen molar-refractivity contribution in [3.05, 3.63) is 69.7 Å². The van der Waals surface area contributed by atoms with Crippen LogP contribution in [0.2, 0.25) is 10.0 Å². The summed E-state index contributed by atoms with van der Waals surface area (Å²) in [4.78, 5) is 28.2. The lowest BCUT2D eigenvalue weighted by molar-refractivity contribution is -0.145. The molecule has 2 aliphatic rings. The zero-order chi connectivity index (χ0) is 24.2. The summed E-state index contributed by atoms with van der Waals surface area (Å²) in [6, 6.07) is 11.4. The van der Waals surface area contributed by atoms with Gasteiger partial charge < -0.3 is 19.3 Å². The van der Waals surface area contributed by atoms with E-state index in [0.717, 1.165) is 49.5 Å². The molecule has 2 aromatic carbocycles. The molecule has 4 N–H and O–H groups in total. The van der Waals surface area contributed by atoms with Crippen LogP contribution in [-0.2, 0) is 31.9 Å². The molecule has 0 amide bonds. The maximum atomic E-state index is 12.1. The number of esters is 2. The number of nitrogens with two attached hydrogens (primary N) is 2. The topological polar surface area (TPSA) is 111 Å². The molecule has 0 bridgehead atoms. The molecule has 10 heteroatoms. The molecule has 2 heterocycles. The van der Waals surface area contributed by atoms with Crippen LogP contribution in [0.1, 0.15) is 11.1 Å². The molecular formula is C24H26Cl2N4O4. The van der Waals surface area contributed by atoms with Crippen molar-refractivity contribution in [3.8, 4) is 0 Å². The zero-order valence-corrected chi connectivity index (χ0v) is 20.0. The highest BCUT2D eigenvalue weighted by Crippen LogP contribution is 2.31. The van der Waals surface area contributed by atoms with Crippen molar-refractivity contribution in [1.29, 1.82) is 0 Å².